The molecule has 0 aliphatic carbocycles. The summed E-state index contributed by atoms with van der Waals surface area (Å²) in [5, 5.41) is 15.4. The molecule has 0 amide bonds. The second-order valence-corrected chi connectivity index (χ2v) is 8.58. The molecule has 3 aromatic rings. The zero-order valence-electron chi connectivity index (χ0n) is 18.4. The highest BCUT2D eigenvalue weighted by molar-refractivity contribution is 7.93. The number of nitrogens with one attached hydrogen (secondary N) is 2. The van der Waals surface area contributed by atoms with Crippen molar-refractivity contribution in [2.75, 3.05) is 17.3 Å². The van der Waals surface area contributed by atoms with Crippen LogP contribution in [-0.4, -0.2) is 32.8 Å². The van der Waals surface area contributed by atoms with Crippen LogP contribution in [0.1, 0.15) is 12.5 Å². The average molecular weight is 506 g/mol. The van der Waals surface area contributed by atoms with Gasteiger partial charge in [-0.2, -0.15) is 13.9 Å². The number of para-hydroxylation sites is 3. The fourth-order valence-electron chi connectivity index (χ4n) is 3.04. The van der Waals surface area contributed by atoms with E-state index in [0.717, 1.165) is 12.1 Å². The van der Waals surface area contributed by atoms with Crippen LogP contribution in [0.5, 0.6) is 11.5 Å². The van der Waals surface area contributed by atoms with Gasteiger partial charge in [-0.1, -0.05) is 24.3 Å². The number of methoxy groups -OCH3 is 1. The Balaban J connectivity index is 2.00. The van der Waals surface area contributed by atoms with Crippen LogP contribution in [0.25, 0.3) is 0 Å². The van der Waals surface area contributed by atoms with Gasteiger partial charge < -0.3 is 9.47 Å². The number of anilines is 2. The smallest absolute Gasteiger partial charge is 0.387 e. The number of hydrogen-bond acceptors (Lipinski definition) is 8. The van der Waals surface area contributed by atoms with Gasteiger partial charge in [-0.05, 0) is 37.3 Å². The lowest BCUT2D eigenvalue weighted by Crippen LogP contribution is -2.16. The Labute approximate surface area is 199 Å². The molecule has 0 fully saturated rings. The first-order valence-corrected chi connectivity index (χ1v) is 11.4. The van der Waals surface area contributed by atoms with Crippen LogP contribution in [0.15, 0.2) is 76.7 Å². The van der Waals surface area contributed by atoms with Crippen LogP contribution in [0, 0.1) is 10.1 Å². The van der Waals surface area contributed by atoms with E-state index in [2.05, 4.69) is 20.0 Å². The van der Waals surface area contributed by atoms with E-state index in [0.29, 0.717) is 0 Å². The number of benzene rings is 3. The molecule has 0 saturated carbocycles. The van der Waals surface area contributed by atoms with Gasteiger partial charge in [0.1, 0.15) is 16.4 Å². The molecule has 0 saturated heterocycles. The highest BCUT2D eigenvalue weighted by atomic mass is 32.2. The Kier molecular flexibility index (Phi) is 7.81. The number of rotatable bonds is 10. The molecule has 0 aliphatic heterocycles. The molecule has 184 valence electrons. The van der Waals surface area contributed by atoms with E-state index in [1.807, 2.05) is 0 Å². The van der Waals surface area contributed by atoms with Crippen LogP contribution in [0.4, 0.5) is 25.8 Å². The number of nitro groups is 1. The molecule has 0 bridgehead atoms. The van der Waals surface area contributed by atoms with Gasteiger partial charge in [0.15, 0.2) is 0 Å². The molecule has 0 radical (unpaired) electrons. The number of alkyl halides is 2. The SMILES string of the molecule is COc1ccccc1NS(=O)(=O)c1cc([N+](=O)[O-])ccc1N/N=C(\C)c1ccccc1OC(F)F. The molecule has 10 nitrogen and oxygen atoms in total. The third kappa shape index (κ3) is 6.20. The molecule has 0 spiro atoms. The first-order chi connectivity index (χ1) is 16.6. The minimum Gasteiger partial charge on any atom is -0.495 e. The molecule has 0 aliphatic rings. The first-order valence-electron chi connectivity index (χ1n) is 9.91. The summed E-state index contributed by atoms with van der Waals surface area (Å²) in [6.07, 6.45) is 0. The van der Waals surface area contributed by atoms with E-state index in [-0.39, 0.29) is 34.1 Å². The van der Waals surface area contributed by atoms with Crippen molar-refractivity contribution in [2.45, 2.75) is 18.4 Å². The Morgan fingerprint density at radius 3 is 2.34 bits per heavy atom. The van der Waals surface area contributed by atoms with Crippen LogP contribution >= 0.6 is 0 Å². The second kappa shape index (κ2) is 10.8. The maximum absolute atomic E-state index is 13.2. The highest BCUT2D eigenvalue weighted by Crippen LogP contribution is 2.31. The minimum absolute atomic E-state index is 0.0930. The molecule has 0 heterocycles. The highest BCUT2D eigenvalue weighted by Gasteiger charge is 2.24. The van der Waals surface area contributed by atoms with Gasteiger partial charge in [0.2, 0.25) is 0 Å². The lowest BCUT2D eigenvalue weighted by Gasteiger charge is -2.14. The molecular formula is C22H20F2N4O6S. The van der Waals surface area contributed by atoms with E-state index in [9.17, 15) is 27.3 Å². The average Bonchev–Trinajstić information content (AvgIpc) is 2.82. The second-order valence-electron chi connectivity index (χ2n) is 6.93. The van der Waals surface area contributed by atoms with Crippen molar-refractivity contribution in [3.8, 4) is 11.5 Å². The zero-order valence-corrected chi connectivity index (χ0v) is 19.3. The zero-order chi connectivity index (χ0) is 25.6. The van der Waals surface area contributed by atoms with Gasteiger partial charge in [0.05, 0.1) is 29.1 Å². The van der Waals surface area contributed by atoms with E-state index < -0.39 is 32.1 Å². The largest absolute Gasteiger partial charge is 0.495 e. The molecule has 3 aromatic carbocycles. The number of halogens is 2. The molecule has 13 heteroatoms. The van der Waals surface area contributed by atoms with Gasteiger partial charge >= 0.3 is 6.61 Å². The normalized spacial score (nSPS) is 11.7. The van der Waals surface area contributed by atoms with Crippen molar-refractivity contribution in [3.05, 3.63) is 82.4 Å². The Bertz CT molecular complexity index is 1370. The lowest BCUT2D eigenvalue weighted by molar-refractivity contribution is -0.385. The van der Waals surface area contributed by atoms with Crippen molar-refractivity contribution in [2.24, 2.45) is 5.10 Å². The fourth-order valence-corrected chi connectivity index (χ4v) is 4.28. The maximum Gasteiger partial charge on any atom is 0.387 e. The molecule has 3 rings (SSSR count). The summed E-state index contributed by atoms with van der Waals surface area (Å²) in [5.41, 5.74) is 2.54. The number of nitrogens with zero attached hydrogens (tertiary/aromatic N) is 2. The number of non-ortho nitro benzene ring substituents is 1. The standard InChI is InChI=1S/C22H20F2N4O6S/c1-14(16-7-3-5-9-19(16)34-22(23)24)25-26-18-12-11-15(28(29)30)13-21(18)35(31,32)27-17-8-4-6-10-20(17)33-2/h3-13,22,26-27H,1-2H3/b25-14+. The lowest BCUT2D eigenvalue weighted by atomic mass is 10.1. The fraction of sp³-hybridized carbons (Fsp3) is 0.136. The van der Waals surface area contributed by atoms with Crippen LogP contribution in [0.2, 0.25) is 0 Å². The summed E-state index contributed by atoms with van der Waals surface area (Å²) in [6, 6.07) is 15.3. The Hall–Kier alpha value is -4.26. The summed E-state index contributed by atoms with van der Waals surface area (Å²) in [7, 11) is -3.00. The van der Waals surface area contributed by atoms with Crippen molar-refractivity contribution < 1.29 is 31.6 Å². The van der Waals surface area contributed by atoms with E-state index in [4.69, 9.17) is 4.74 Å². The predicted octanol–water partition coefficient (Wildman–Crippen LogP) is 4.84. The van der Waals surface area contributed by atoms with Gasteiger partial charge in [-0.25, -0.2) is 8.42 Å². The number of hydrogen-bond donors (Lipinski definition) is 2. The molecule has 2 N–H and O–H groups in total. The van der Waals surface area contributed by atoms with Crippen LogP contribution in [0.3, 0.4) is 0 Å². The van der Waals surface area contributed by atoms with Crippen molar-refractivity contribution in [1.82, 2.24) is 0 Å². The van der Waals surface area contributed by atoms with Crippen LogP contribution in [-0.2, 0) is 10.0 Å². The van der Waals surface area contributed by atoms with Gasteiger partial charge in [-0.15, -0.1) is 0 Å². The molecule has 35 heavy (non-hydrogen) atoms. The van der Waals surface area contributed by atoms with E-state index >= 15 is 0 Å². The summed E-state index contributed by atoms with van der Waals surface area (Å²) in [5.74, 6) is 0.112. The van der Waals surface area contributed by atoms with Crippen molar-refractivity contribution in [3.63, 3.8) is 0 Å². The Morgan fingerprint density at radius 1 is 1.03 bits per heavy atom. The molecule has 0 aromatic heterocycles. The first kappa shape index (κ1) is 25.4. The summed E-state index contributed by atoms with van der Waals surface area (Å²) in [6.45, 7) is -1.56. The monoisotopic (exact) mass is 506 g/mol. The van der Waals surface area contributed by atoms with Gasteiger partial charge in [0, 0.05) is 17.7 Å². The van der Waals surface area contributed by atoms with Crippen molar-refractivity contribution in [1.29, 1.82) is 0 Å². The number of nitro benzene ring substituents is 1. The summed E-state index contributed by atoms with van der Waals surface area (Å²) >= 11 is 0. The quantitative estimate of drug-likeness (QED) is 0.228. The van der Waals surface area contributed by atoms with Gasteiger partial charge in [0.25, 0.3) is 15.7 Å². The predicted molar refractivity (Wildman–Crippen MR) is 126 cm³/mol. The van der Waals surface area contributed by atoms with Gasteiger partial charge in [-0.3, -0.25) is 20.3 Å². The number of sulfonamides is 1. The topological polar surface area (TPSA) is 132 Å². The third-order valence-corrected chi connectivity index (χ3v) is 6.06. The Morgan fingerprint density at radius 2 is 1.69 bits per heavy atom. The minimum atomic E-state index is -4.36. The molecule has 0 atom stereocenters. The summed E-state index contributed by atoms with van der Waals surface area (Å²) < 4.78 is 63.8. The molecular weight excluding hydrogens is 486 g/mol. The maximum atomic E-state index is 13.2. The van der Waals surface area contributed by atoms with E-state index in [1.54, 1.807) is 18.2 Å². The number of hydrazone groups is 1. The molecule has 0 unspecified atom stereocenters. The summed E-state index contributed by atoms with van der Waals surface area (Å²) in [4.78, 5) is 10.1. The third-order valence-electron chi connectivity index (χ3n) is 4.65. The van der Waals surface area contributed by atoms with E-state index in [1.165, 1.54) is 50.4 Å². The van der Waals surface area contributed by atoms with Crippen molar-refractivity contribution >= 4 is 32.8 Å². The number of ether oxygens (including phenoxy) is 2. The van der Waals surface area contributed by atoms with Crippen LogP contribution < -0.4 is 19.6 Å².